The molecule has 0 atom stereocenters. The van der Waals surface area contributed by atoms with Crippen LogP contribution in [0.2, 0.25) is 5.02 Å². The Morgan fingerprint density at radius 1 is 1.23 bits per heavy atom. The van der Waals surface area contributed by atoms with Gasteiger partial charge in [-0.1, -0.05) is 30.9 Å². The van der Waals surface area contributed by atoms with Gasteiger partial charge < -0.3 is 15.1 Å². The zero-order valence-electron chi connectivity index (χ0n) is 17.2. The number of rotatable bonds is 3. The number of H-pyrrole nitrogens is 1. The molecule has 1 aliphatic heterocycles. The first-order chi connectivity index (χ1) is 15.0. The second-order valence-corrected chi connectivity index (χ2v) is 9.02. The van der Waals surface area contributed by atoms with Gasteiger partial charge in [0.1, 0.15) is 11.4 Å². The molecule has 1 fully saturated rings. The molecule has 2 aromatic heterocycles. The van der Waals surface area contributed by atoms with Gasteiger partial charge in [0.05, 0.1) is 22.2 Å². The van der Waals surface area contributed by atoms with Crippen LogP contribution in [0.1, 0.15) is 60.7 Å². The van der Waals surface area contributed by atoms with E-state index < -0.39 is 0 Å². The predicted octanol–water partition coefficient (Wildman–Crippen LogP) is 3.72. The molecule has 162 valence electrons. The summed E-state index contributed by atoms with van der Waals surface area (Å²) < 4.78 is 5.66. The van der Waals surface area contributed by atoms with Gasteiger partial charge >= 0.3 is 0 Å². The molecule has 3 N–H and O–H groups in total. The van der Waals surface area contributed by atoms with Crippen LogP contribution in [-0.4, -0.2) is 21.4 Å². The quantitative estimate of drug-likeness (QED) is 0.643. The molecular weight excluding hydrogens is 416 g/mol. The highest BCUT2D eigenvalue weighted by molar-refractivity contribution is 6.31. The molecule has 8 heteroatoms. The average Bonchev–Trinajstić information content (AvgIpc) is 2.78. The predicted molar refractivity (Wildman–Crippen MR) is 120 cm³/mol. The number of nitrogens with one attached hydrogen (secondary N) is 1. The lowest BCUT2D eigenvalue weighted by atomic mass is 9.88. The number of nitrogens with two attached hydrogens (primary N) is 1. The van der Waals surface area contributed by atoms with Crippen LogP contribution in [0.15, 0.2) is 32.2 Å². The van der Waals surface area contributed by atoms with Crippen molar-refractivity contribution in [3.63, 3.8) is 0 Å². The van der Waals surface area contributed by atoms with E-state index in [2.05, 4.69) is 4.98 Å². The Labute approximate surface area is 184 Å². The summed E-state index contributed by atoms with van der Waals surface area (Å²) in [6, 6.07) is 4.90. The summed E-state index contributed by atoms with van der Waals surface area (Å²) in [7, 11) is 0. The van der Waals surface area contributed by atoms with Crippen LogP contribution in [0.5, 0.6) is 0 Å². The molecule has 0 saturated heterocycles. The number of nitrogens with zero attached hydrogens (tertiary/aromatic N) is 2. The second-order valence-electron chi connectivity index (χ2n) is 8.59. The molecule has 1 aliphatic carbocycles. The summed E-state index contributed by atoms with van der Waals surface area (Å²) in [6.07, 6.45) is 6.51. The molecule has 0 radical (unpaired) electrons. The molecule has 1 aromatic carbocycles. The van der Waals surface area contributed by atoms with E-state index in [9.17, 15) is 9.59 Å². The fourth-order valence-electron chi connectivity index (χ4n) is 4.80. The van der Waals surface area contributed by atoms with Crippen LogP contribution in [0.3, 0.4) is 0 Å². The van der Waals surface area contributed by atoms with E-state index in [0.29, 0.717) is 59.1 Å². The van der Waals surface area contributed by atoms with Gasteiger partial charge in [0, 0.05) is 37.0 Å². The van der Waals surface area contributed by atoms with Crippen molar-refractivity contribution in [2.24, 2.45) is 0 Å². The van der Waals surface area contributed by atoms with E-state index in [4.69, 9.17) is 26.7 Å². The summed E-state index contributed by atoms with van der Waals surface area (Å²) >= 11 is 6.05. The minimum Gasteiger partial charge on any atom is -0.440 e. The maximum atomic E-state index is 13.0. The summed E-state index contributed by atoms with van der Waals surface area (Å²) in [4.78, 5) is 35.7. The molecule has 5 rings (SSSR count). The highest BCUT2D eigenvalue weighted by Crippen LogP contribution is 2.31. The van der Waals surface area contributed by atoms with Crippen molar-refractivity contribution < 1.29 is 4.42 Å². The topological polar surface area (TPSA) is 105 Å². The van der Waals surface area contributed by atoms with Gasteiger partial charge in [0.25, 0.3) is 5.56 Å². The molecule has 3 heterocycles. The van der Waals surface area contributed by atoms with Gasteiger partial charge in [0.2, 0.25) is 0 Å². The van der Waals surface area contributed by atoms with Gasteiger partial charge in [-0.2, -0.15) is 0 Å². The van der Waals surface area contributed by atoms with Crippen molar-refractivity contribution in [3.05, 3.63) is 66.4 Å². The Morgan fingerprint density at radius 2 is 2.03 bits per heavy atom. The number of aromatic amines is 1. The average molecular weight is 441 g/mol. The normalized spacial score (nSPS) is 17.7. The van der Waals surface area contributed by atoms with Gasteiger partial charge in [0.15, 0.2) is 11.3 Å². The number of aromatic nitrogens is 2. The maximum absolute atomic E-state index is 13.0. The van der Waals surface area contributed by atoms with Gasteiger partial charge in [-0.15, -0.1) is 0 Å². The standard InChI is InChI=1S/C23H25ClN4O3/c24-14-6-7-19-15(10-14)20(29)17(21(25)31-19)12-28-9-8-18-16(11-28)23(30)27-22(26-18)13-4-2-1-3-5-13/h6-7,10,13H,1-5,8-9,11-12,25H2,(H,26,27,30). The molecule has 7 nitrogen and oxygen atoms in total. The highest BCUT2D eigenvalue weighted by Gasteiger charge is 2.26. The zero-order valence-corrected chi connectivity index (χ0v) is 18.0. The number of hydrogen-bond acceptors (Lipinski definition) is 6. The van der Waals surface area contributed by atoms with E-state index in [1.54, 1.807) is 18.2 Å². The second kappa shape index (κ2) is 8.13. The third-order valence-electron chi connectivity index (χ3n) is 6.52. The Balaban J connectivity index is 1.41. The van der Waals surface area contributed by atoms with E-state index in [0.717, 1.165) is 24.4 Å². The van der Waals surface area contributed by atoms with Crippen molar-refractivity contribution in [1.82, 2.24) is 14.9 Å². The van der Waals surface area contributed by atoms with Crippen LogP contribution in [0.25, 0.3) is 11.0 Å². The van der Waals surface area contributed by atoms with Crippen molar-refractivity contribution in [2.75, 3.05) is 12.3 Å². The molecule has 0 unspecified atom stereocenters. The van der Waals surface area contributed by atoms with E-state index in [-0.39, 0.29) is 16.9 Å². The molecule has 2 aliphatic rings. The van der Waals surface area contributed by atoms with Crippen LogP contribution in [0.4, 0.5) is 5.88 Å². The first-order valence-corrected chi connectivity index (χ1v) is 11.2. The summed E-state index contributed by atoms with van der Waals surface area (Å²) in [5.41, 5.74) is 8.17. The third kappa shape index (κ3) is 3.88. The number of hydrogen-bond donors (Lipinski definition) is 2. The van der Waals surface area contributed by atoms with Crippen molar-refractivity contribution >= 4 is 28.5 Å². The van der Waals surface area contributed by atoms with Gasteiger partial charge in [-0.05, 0) is 31.0 Å². The lowest BCUT2D eigenvalue weighted by molar-refractivity contribution is 0.239. The lowest BCUT2D eigenvalue weighted by Gasteiger charge is -2.28. The van der Waals surface area contributed by atoms with E-state index in [1.165, 1.54) is 19.3 Å². The van der Waals surface area contributed by atoms with Crippen LogP contribution < -0.4 is 16.7 Å². The van der Waals surface area contributed by atoms with Crippen molar-refractivity contribution in [2.45, 2.75) is 57.5 Å². The fraction of sp³-hybridized carbons (Fsp3) is 0.435. The lowest BCUT2D eigenvalue weighted by Crippen LogP contribution is -2.37. The van der Waals surface area contributed by atoms with E-state index in [1.807, 2.05) is 4.90 Å². The first kappa shape index (κ1) is 20.3. The zero-order chi connectivity index (χ0) is 21.5. The molecule has 31 heavy (non-hydrogen) atoms. The molecular formula is C23H25ClN4O3. The first-order valence-electron chi connectivity index (χ1n) is 10.8. The van der Waals surface area contributed by atoms with Crippen LogP contribution in [0, 0.1) is 0 Å². The highest BCUT2D eigenvalue weighted by atomic mass is 35.5. The Bertz CT molecular complexity index is 1260. The Hall–Kier alpha value is -2.64. The number of benzene rings is 1. The minimum atomic E-state index is -0.188. The van der Waals surface area contributed by atoms with Crippen molar-refractivity contribution in [3.8, 4) is 0 Å². The van der Waals surface area contributed by atoms with E-state index >= 15 is 0 Å². The van der Waals surface area contributed by atoms with Gasteiger partial charge in [-0.3, -0.25) is 14.5 Å². The largest absolute Gasteiger partial charge is 0.440 e. The number of anilines is 1. The number of halogens is 1. The third-order valence-corrected chi connectivity index (χ3v) is 6.75. The molecule has 1 saturated carbocycles. The SMILES string of the molecule is Nc1oc2ccc(Cl)cc2c(=O)c1CN1CCc2nc(C3CCCCC3)[nH]c(=O)c2C1. The Morgan fingerprint density at radius 3 is 2.84 bits per heavy atom. The minimum absolute atomic E-state index is 0.0689. The molecule has 3 aromatic rings. The molecule has 0 bridgehead atoms. The fourth-order valence-corrected chi connectivity index (χ4v) is 4.97. The molecule has 0 spiro atoms. The maximum Gasteiger partial charge on any atom is 0.255 e. The molecule has 0 amide bonds. The number of nitrogen functional groups attached to an aromatic ring is 1. The Kier molecular flexibility index (Phi) is 5.32. The monoisotopic (exact) mass is 440 g/mol. The summed E-state index contributed by atoms with van der Waals surface area (Å²) in [5.74, 6) is 1.30. The summed E-state index contributed by atoms with van der Waals surface area (Å²) in [5, 5.41) is 0.875. The van der Waals surface area contributed by atoms with Crippen LogP contribution in [-0.2, 0) is 19.5 Å². The van der Waals surface area contributed by atoms with Crippen molar-refractivity contribution in [1.29, 1.82) is 0 Å². The number of fused-ring (bicyclic) bond motifs is 2. The smallest absolute Gasteiger partial charge is 0.255 e. The summed E-state index contributed by atoms with van der Waals surface area (Å²) in [6.45, 7) is 1.43. The van der Waals surface area contributed by atoms with Gasteiger partial charge in [-0.25, -0.2) is 4.98 Å². The van der Waals surface area contributed by atoms with Crippen LogP contribution >= 0.6 is 11.6 Å².